The van der Waals surface area contributed by atoms with Gasteiger partial charge in [-0.1, -0.05) is 28.1 Å². The Bertz CT molecular complexity index is 857. The highest BCUT2D eigenvalue weighted by Gasteiger charge is 2.10. The number of nitrogens with one attached hydrogen (secondary N) is 2. The van der Waals surface area contributed by atoms with Gasteiger partial charge in [0.05, 0.1) is 5.69 Å². The molecule has 0 aliphatic carbocycles. The molecular formula is C18H16BrN3OS. The van der Waals surface area contributed by atoms with Crippen LogP contribution in [0.5, 0.6) is 0 Å². The van der Waals surface area contributed by atoms with Gasteiger partial charge in [0.25, 0.3) is 0 Å². The Morgan fingerprint density at radius 1 is 1.04 bits per heavy atom. The molecule has 0 aliphatic heterocycles. The predicted molar refractivity (Wildman–Crippen MR) is 104 cm³/mol. The van der Waals surface area contributed by atoms with E-state index in [9.17, 15) is 4.79 Å². The monoisotopic (exact) mass is 401 g/mol. The molecule has 1 amide bonds. The third-order valence-electron chi connectivity index (χ3n) is 3.37. The molecule has 2 aromatic carbocycles. The molecule has 24 heavy (non-hydrogen) atoms. The molecule has 0 saturated heterocycles. The molecule has 6 heteroatoms. The Balaban J connectivity index is 1.77. The first kappa shape index (κ1) is 16.7. The van der Waals surface area contributed by atoms with Crippen LogP contribution in [-0.2, 0) is 4.79 Å². The third-order valence-corrected chi connectivity index (χ3v) is 4.79. The topological polar surface area (TPSA) is 54.0 Å². The summed E-state index contributed by atoms with van der Waals surface area (Å²) >= 11 is 5.07. The molecule has 122 valence electrons. The minimum atomic E-state index is -0.0783. The summed E-state index contributed by atoms with van der Waals surface area (Å²) in [4.78, 5) is 16.9. The molecule has 0 bridgehead atoms. The smallest absolute Gasteiger partial charge is 0.221 e. The SMILES string of the molecule is CC(=O)Nc1ccc(Nc2nc(-c3ccc(Br)cc3)c(C)s2)cc1. The fourth-order valence-corrected chi connectivity index (χ4v) is 3.41. The van der Waals surface area contributed by atoms with E-state index in [0.717, 1.165) is 37.1 Å². The summed E-state index contributed by atoms with van der Waals surface area (Å²) in [5, 5.41) is 6.91. The summed E-state index contributed by atoms with van der Waals surface area (Å²) in [6.07, 6.45) is 0. The summed E-state index contributed by atoms with van der Waals surface area (Å²) in [5.74, 6) is -0.0783. The Hall–Kier alpha value is -2.18. The molecular weight excluding hydrogens is 386 g/mol. The number of hydrogen-bond acceptors (Lipinski definition) is 4. The van der Waals surface area contributed by atoms with Crippen molar-refractivity contribution in [2.24, 2.45) is 0 Å². The molecule has 3 aromatic rings. The number of aromatic nitrogens is 1. The largest absolute Gasteiger partial charge is 0.332 e. The zero-order chi connectivity index (χ0) is 17.1. The van der Waals surface area contributed by atoms with Crippen molar-refractivity contribution < 1.29 is 4.79 Å². The number of halogens is 1. The van der Waals surface area contributed by atoms with Crippen LogP contribution in [0.2, 0.25) is 0 Å². The predicted octanol–water partition coefficient (Wildman–Crippen LogP) is 5.58. The van der Waals surface area contributed by atoms with Gasteiger partial charge in [-0.15, -0.1) is 11.3 Å². The van der Waals surface area contributed by atoms with E-state index in [1.54, 1.807) is 11.3 Å². The number of benzene rings is 2. The van der Waals surface area contributed by atoms with Gasteiger partial charge in [0.1, 0.15) is 0 Å². The van der Waals surface area contributed by atoms with E-state index in [4.69, 9.17) is 4.98 Å². The quantitative estimate of drug-likeness (QED) is 0.599. The van der Waals surface area contributed by atoms with Crippen molar-refractivity contribution in [1.29, 1.82) is 0 Å². The average molecular weight is 402 g/mol. The number of carbonyl (C=O) groups excluding carboxylic acids is 1. The van der Waals surface area contributed by atoms with Crippen LogP contribution in [0.3, 0.4) is 0 Å². The number of hydrogen-bond donors (Lipinski definition) is 2. The molecule has 1 aromatic heterocycles. The van der Waals surface area contributed by atoms with Crippen LogP contribution in [0, 0.1) is 6.92 Å². The highest BCUT2D eigenvalue weighted by Crippen LogP contribution is 2.32. The van der Waals surface area contributed by atoms with Gasteiger partial charge in [0.15, 0.2) is 5.13 Å². The van der Waals surface area contributed by atoms with Crippen LogP contribution in [0.15, 0.2) is 53.0 Å². The number of carbonyl (C=O) groups is 1. The number of nitrogens with zero attached hydrogens (tertiary/aromatic N) is 1. The first-order valence-electron chi connectivity index (χ1n) is 7.39. The fraction of sp³-hybridized carbons (Fsp3) is 0.111. The lowest BCUT2D eigenvalue weighted by molar-refractivity contribution is -0.114. The van der Waals surface area contributed by atoms with E-state index >= 15 is 0 Å². The Morgan fingerprint density at radius 2 is 1.67 bits per heavy atom. The highest BCUT2D eigenvalue weighted by molar-refractivity contribution is 9.10. The summed E-state index contributed by atoms with van der Waals surface area (Å²) in [6, 6.07) is 15.7. The Kier molecular flexibility index (Phi) is 4.97. The first-order valence-corrected chi connectivity index (χ1v) is 9.00. The van der Waals surface area contributed by atoms with Gasteiger partial charge in [0, 0.05) is 33.2 Å². The molecule has 0 saturated carbocycles. The molecule has 1 heterocycles. The van der Waals surface area contributed by atoms with E-state index in [1.165, 1.54) is 6.92 Å². The molecule has 4 nitrogen and oxygen atoms in total. The van der Waals surface area contributed by atoms with Crippen molar-refractivity contribution >= 4 is 49.7 Å². The van der Waals surface area contributed by atoms with E-state index in [1.807, 2.05) is 36.4 Å². The van der Waals surface area contributed by atoms with Crippen LogP contribution in [0.25, 0.3) is 11.3 Å². The second kappa shape index (κ2) is 7.15. The number of anilines is 3. The number of amides is 1. The van der Waals surface area contributed by atoms with Crippen molar-refractivity contribution in [1.82, 2.24) is 4.98 Å². The number of aryl methyl sites for hydroxylation is 1. The highest BCUT2D eigenvalue weighted by atomic mass is 79.9. The Morgan fingerprint density at radius 3 is 2.29 bits per heavy atom. The van der Waals surface area contributed by atoms with Crippen molar-refractivity contribution in [2.75, 3.05) is 10.6 Å². The summed E-state index contributed by atoms with van der Waals surface area (Å²) < 4.78 is 1.05. The molecule has 0 spiro atoms. The maximum atomic E-state index is 11.0. The standard InChI is InChI=1S/C18H16BrN3OS/c1-11-17(13-3-5-14(19)6-4-13)22-18(24-11)21-16-9-7-15(8-10-16)20-12(2)23/h3-10H,1-2H3,(H,20,23)(H,21,22). The lowest BCUT2D eigenvalue weighted by Crippen LogP contribution is -2.05. The van der Waals surface area contributed by atoms with Gasteiger partial charge < -0.3 is 10.6 Å². The molecule has 0 unspecified atom stereocenters. The molecule has 0 radical (unpaired) electrons. The van der Waals surface area contributed by atoms with Crippen LogP contribution >= 0.6 is 27.3 Å². The normalized spacial score (nSPS) is 10.5. The van der Waals surface area contributed by atoms with Gasteiger partial charge >= 0.3 is 0 Å². The molecule has 0 atom stereocenters. The second-order valence-electron chi connectivity index (χ2n) is 5.31. The van der Waals surface area contributed by atoms with E-state index < -0.39 is 0 Å². The summed E-state index contributed by atoms with van der Waals surface area (Å²) in [6.45, 7) is 3.56. The maximum absolute atomic E-state index is 11.0. The second-order valence-corrected chi connectivity index (χ2v) is 7.43. The molecule has 0 fully saturated rings. The van der Waals surface area contributed by atoms with Crippen molar-refractivity contribution in [3.63, 3.8) is 0 Å². The van der Waals surface area contributed by atoms with Crippen LogP contribution in [-0.4, -0.2) is 10.9 Å². The maximum Gasteiger partial charge on any atom is 0.221 e. The zero-order valence-corrected chi connectivity index (χ0v) is 15.7. The fourth-order valence-electron chi connectivity index (χ4n) is 2.29. The third kappa shape index (κ3) is 4.01. The number of thiazole rings is 1. The summed E-state index contributed by atoms with van der Waals surface area (Å²) in [7, 11) is 0. The van der Waals surface area contributed by atoms with Crippen LogP contribution < -0.4 is 10.6 Å². The van der Waals surface area contributed by atoms with Gasteiger partial charge in [0.2, 0.25) is 5.91 Å². The zero-order valence-electron chi connectivity index (χ0n) is 13.3. The lowest BCUT2D eigenvalue weighted by Gasteiger charge is -2.05. The minimum Gasteiger partial charge on any atom is -0.332 e. The van der Waals surface area contributed by atoms with Crippen molar-refractivity contribution in [3.05, 3.63) is 57.9 Å². The van der Waals surface area contributed by atoms with Crippen molar-refractivity contribution in [2.45, 2.75) is 13.8 Å². The summed E-state index contributed by atoms with van der Waals surface area (Å²) in [5.41, 5.74) is 3.80. The van der Waals surface area contributed by atoms with E-state index in [0.29, 0.717) is 0 Å². The average Bonchev–Trinajstić information content (AvgIpc) is 2.90. The molecule has 0 aliphatic rings. The van der Waals surface area contributed by atoms with Crippen molar-refractivity contribution in [3.8, 4) is 11.3 Å². The van der Waals surface area contributed by atoms with Gasteiger partial charge in [-0.2, -0.15) is 0 Å². The van der Waals surface area contributed by atoms with Gasteiger partial charge in [-0.3, -0.25) is 4.79 Å². The van der Waals surface area contributed by atoms with Crippen LogP contribution in [0.1, 0.15) is 11.8 Å². The van der Waals surface area contributed by atoms with Gasteiger partial charge in [-0.05, 0) is 43.3 Å². The first-order chi connectivity index (χ1) is 11.5. The Labute approximate surface area is 153 Å². The minimum absolute atomic E-state index is 0.0783. The number of rotatable bonds is 4. The molecule has 2 N–H and O–H groups in total. The van der Waals surface area contributed by atoms with E-state index in [2.05, 4.69) is 45.6 Å². The van der Waals surface area contributed by atoms with E-state index in [-0.39, 0.29) is 5.91 Å². The lowest BCUT2D eigenvalue weighted by atomic mass is 10.1. The van der Waals surface area contributed by atoms with Crippen LogP contribution in [0.4, 0.5) is 16.5 Å². The molecule has 3 rings (SSSR count). The van der Waals surface area contributed by atoms with Gasteiger partial charge in [-0.25, -0.2) is 4.98 Å².